The summed E-state index contributed by atoms with van der Waals surface area (Å²) in [4.78, 5) is 14.7. The highest BCUT2D eigenvalue weighted by Gasteiger charge is 2.36. The summed E-state index contributed by atoms with van der Waals surface area (Å²) in [5.41, 5.74) is 3.48. The highest BCUT2D eigenvalue weighted by Crippen LogP contribution is 2.32. The van der Waals surface area contributed by atoms with Crippen molar-refractivity contribution in [2.24, 2.45) is 0 Å². The van der Waals surface area contributed by atoms with E-state index in [0.29, 0.717) is 37.9 Å². The van der Waals surface area contributed by atoms with Crippen molar-refractivity contribution in [3.05, 3.63) is 40.6 Å². The minimum atomic E-state index is -0.473. The molecule has 0 unspecified atom stereocenters. The highest BCUT2D eigenvalue weighted by molar-refractivity contribution is 5.83. The van der Waals surface area contributed by atoms with E-state index < -0.39 is 6.10 Å². The van der Waals surface area contributed by atoms with Crippen LogP contribution in [-0.2, 0) is 16.0 Å². The molecule has 3 heterocycles. The van der Waals surface area contributed by atoms with Gasteiger partial charge in [-0.25, -0.2) is 0 Å². The Morgan fingerprint density at radius 2 is 2.00 bits per heavy atom. The van der Waals surface area contributed by atoms with E-state index >= 15 is 0 Å². The summed E-state index contributed by atoms with van der Waals surface area (Å²) >= 11 is 0. The van der Waals surface area contributed by atoms with Crippen LogP contribution in [0.1, 0.15) is 34.6 Å². The average Bonchev–Trinajstić information content (AvgIpc) is 3.21. The number of ether oxygens (including phenoxy) is 2. The van der Waals surface area contributed by atoms with Crippen LogP contribution >= 0.6 is 0 Å². The highest BCUT2D eigenvalue weighted by atomic mass is 16.5. The zero-order chi connectivity index (χ0) is 17.6. The molecule has 1 aromatic carbocycles. The van der Waals surface area contributed by atoms with Gasteiger partial charge in [0.2, 0.25) is 11.8 Å². The fourth-order valence-corrected chi connectivity index (χ4v) is 3.30. The number of benzene rings is 1. The normalized spacial score (nSPS) is 22.6. The Balaban J connectivity index is 1.46. The molecule has 1 fully saturated rings. The van der Waals surface area contributed by atoms with Crippen molar-refractivity contribution >= 4 is 5.91 Å². The zero-order valence-corrected chi connectivity index (χ0v) is 14.6. The van der Waals surface area contributed by atoms with E-state index in [4.69, 9.17) is 13.9 Å². The quantitative estimate of drug-likeness (QED) is 0.829. The number of morpholine rings is 1. The second-order valence-electron chi connectivity index (χ2n) is 6.66. The molecule has 2 aromatic rings. The lowest BCUT2D eigenvalue weighted by molar-refractivity contribution is -0.146. The summed E-state index contributed by atoms with van der Waals surface area (Å²) in [5, 5.41) is 7.83. The second kappa shape index (κ2) is 6.15. The summed E-state index contributed by atoms with van der Waals surface area (Å²) in [6.07, 6.45) is -0.247. The van der Waals surface area contributed by atoms with Crippen molar-refractivity contribution < 1.29 is 18.7 Å². The van der Waals surface area contributed by atoms with Crippen LogP contribution in [0, 0.1) is 20.8 Å². The number of carbonyl (C=O) groups excluding carboxylic acids is 1. The number of hydrogen-bond acceptors (Lipinski definition) is 6. The molecule has 2 atom stereocenters. The molecule has 0 aliphatic carbocycles. The number of rotatable bonds is 2. The van der Waals surface area contributed by atoms with Crippen LogP contribution in [0.4, 0.5) is 0 Å². The fourth-order valence-electron chi connectivity index (χ4n) is 3.30. The van der Waals surface area contributed by atoms with Gasteiger partial charge in [0.1, 0.15) is 5.75 Å². The van der Waals surface area contributed by atoms with Crippen LogP contribution in [0.15, 0.2) is 16.5 Å². The largest absolute Gasteiger partial charge is 0.480 e. The lowest BCUT2D eigenvalue weighted by Crippen LogP contribution is -2.48. The predicted molar refractivity (Wildman–Crippen MR) is 88.3 cm³/mol. The van der Waals surface area contributed by atoms with Crippen LogP contribution in [0.5, 0.6) is 5.75 Å². The van der Waals surface area contributed by atoms with Gasteiger partial charge in [0.25, 0.3) is 5.91 Å². The number of hydrogen-bond donors (Lipinski definition) is 0. The van der Waals surface area contributed by atoms with Crippen LogP contribution in [0.2, 0.25) is 0 Å². The standard InChI is InChI=1S/C18H21N3O4/c1-10-6-13-8-15(25-14(13)7-11(10)2)18(22)21-4-5-23-16(9-21)17-20-19-12(3)24-17/h6-7,15-16H,4-5,8-9H2,1-3H3/t15-,16-/m1/s1. The summed E-state index contributed by atoms with van der Waals surface area (Å²) in [5.74, 6) is 1.70. The summed E-state index contributed by atoms with van der Waals surface area (Å²) in [6, 6.07) is 4.13. The van der Waals surface area contributed by atoms with Crippen LogP contribution in [0.25, 0.3) is 0 Å². The van der Waals surface area contributed by atoms with Gasteiger partial charge in [0.15, 0.2) is 12.2 Å². The molecule has 0 radical (unpaired) electrons. The molecule has 0 bridgehead atoms. The van der Waals surface area contributed by atoms with E-state index in [2.05, 4.69) is 23.2 Å². The molecular weight excluding hydrogens is 322 g/mol. The SMILES string of the molecule is Cc1nnc([C@H]2CN(C(=O)[C@H]3Cc4cc(C)c(C)cc4O3)CCO2)o1. The fraction of sp³-hybridized carbons (Fsp3) is 0.500. The molecular formula is C18H21N3O4. The van der Waals surface area contributed by atoms with Gasteiger partial charge in [0, 0.05) is 19.9 Å². The average molecular weight is 343 g/mol. The van der Waals surface area contributed by atoms with Crippen LogP contribution < -0.4 is 4.74 Å². The van der Waals surface area contributed by atoms with E-state index in [9.17, 15) is 4.79 Å². The number of aromatic nitrogens is 2. The van der Waals surface area contributed by atoms with E-state index in [-0.39, 0.29) is 12.0 Å². The first-order valence-electron chi connectivity index (χ1n) is 8.48. The Hall–Kier alpha value is -2.41. The van der Waals surface area contributed by atoms with Gasteiger partial charge in [-0.15, -0.1) is 10.2 Å². The Morgan fingerprint density at radius 3 is 2.76 bits per heavy atom. The van der Waals surface area contributed by atoms with Crippen molar-refractivity contribution in [2.75, 3.05) is 19.7 Å². The second-order valence-corrected chi connectivity index (χ2v) is 6.66. The first-order chi connectivity index (χ1) is 12.0. The van der Waals surface area contributed by atoms with Crippen molar-refractivity contribution in [3.63, 3.8) is 0 Å². The third kappa shape index (κ3) is 3.00. The number of carbonyl (C=O) groups is 1. The molecule has 2 aliphatic rings. The van der Waals surface area contributed by atoms with Crippen LogP contribution in [-0.4, -0.2) is 46.8 Å². The third-order valence-corrected chi connectivity index (χ3v) is 4.82. The van der Waals surface area contributed by atoms with E-state index in [0.717, 1.165) is 11.3 Å². The molecule has 4 rings (SSSR count). The van der Waals surface area contributed by atoms with Gasteiger partial charge in [-0.05, 0) is 36.6 Å². The van der Waals surface area contributed by atoms with Gasteiger partial charge < -0.3 is 18.8 Å². The lowest BCUT2D eigenvalue weighted by atomic mass is 10.0. The molecule has 7 nitrogen and oxygen atoms in total. The molecule has 25 heavy (non-hydrogen) atoms. The Kier molecular flexibility index (Phi) is 3.95. The Bertz CT molecular complexity index is 786. The number of amides is 1. The van der Waals surface area contributed by atoms with Crippen molar-refractivity contribution in [3.8, 4) is 5.75 Å². The van der Waals surface area contributed by atoms with Crippen molar-refractivity contribution in [1.82, 2.24) is 15.1 Å². The Labute approximate surface area is 145 Å². The van der Waals surface area contributed by atoms with E-state index in [1.807, 2.05) is 13.0 Å². The molecule has 1 saturated heterocycles. The van der Waals surface area contributed by atoms with Gasteiger partial charge >= 0.3 is 0 Å². The first kappa shape index (κ1) is 16.1. The molecule has 0 spiro atoms. The van der Waals surface area contributed by atoms with E-state index in [1.165, 1.54) is 11.1 Å². The maximum atomic E-state index is 12.9. The minimum Gasteiger partial charge on any atom is -0.480 e. The smallest absolute Gasteiger partial charge is 0.264 e. The summed E-state index contributed by atoms with van der Waals surface area (Å²) in [6.45, 7) is 7.23. The van der Waals surface area contributed by atoms with E-state index in [1.54, 1.807) is 11.8 Å². The third-order valence-electron chi connectivity index (χ3n) is 4.82. The molecule has 1 aromatic heterocycles. The van der Waals surface area contributed by atoms with Gasteiger partial charge in [-0.2, -0.15) is 0 Å². The molecule has 0 N–H and O–H groups in total. The molecule has 132 valence electrons. The molecule has 1 amide bonds. The predicted octanol–water partition coefficient (Wildman–Crippen LogP) is 1.90. The topological polar surface area (TPSA) is 77.7 Å². The lowest BCUT2D eigenvalue weighted by Gasteiger charge is -2.32. The number of aryl methyl sites for hydroxylation is 3. The molecule has 7 heteroatoms. The maximum absolute atomic E-state index is 12.9. The van der Waals surface area contributed by atoms with Gasteiger partial charge in [0.05, 0.1) is 13.2 Å². The van der Waals surface area contributed by atoms with Gasteiger partial charge in [-0.1, -0.05) is 6.07 Å². The number of nitrogens with zero attached hydrogens (tertiary/aromatic N) is 3. The summed E-state index contributed by atoms with van der Waals surface area (Å²) < 4.78 is 17.0. The molecule has 0 saturated carbocycles. The minimum absolute atomic E-state index is 0.0176. The number of fused-ring (bicyclic) bond motifs is 1. The molecule has 2 aliphatic heterocycles. The monoisotopic (exact) mass is 343 g/mol. The Morgan fingerprint density at radius 1 is 1.20 bits per heavy atom. The zero-order valence-electron chi connectivity index (χ0n) is 14.6. The first-order valence-corrected chi connectivity index (χ1v) is 8.48. The van der Waals surface area contributed by atoms with Gasteiger partial charge in [-0.3, -0.25) is 4.79 Å². The van der Waals surface area contributed by atoms with Crippen molar-refractivity contribution in [1.29, 1.82) is 0 Å². The maximum Gasteiger partial charge on any atom is 0.264 e. The summed E-state index contributed by atoms with van der Waals surface area (Å²) in [7, 11) is 0. The van der Waals surface area contributed by atoms with Crippen LogP contribution in [0.3, 0.4) is 0 Å². The van der Waals surface area contributed by atoms with Crippen molar-refractivity contribution in [2.45, 2.75) is 39.4 Å².